The minimum absolute atomic E-state index is 0.0136. The molecule has 5 nitrogen and oxygen atoms in total. The molecule has 144 valence electrons. The first-order valence-corrected chi connectivity index (χ1v) is 9.06. The number of halogens is 1. The largest absolute Gasteiger partial charge is 0.465 e. The monoisotopic (exact) mass is 373 g/mol. The van der Waals surface area contributed by atoms with Crippen LogP contribution in [0.1, 0.15) is 53.1 Å². The summed E-state index contributed by atoms with van der Waals surface area (Å²) in [6, 6.07) is 7.84. The molecular weight excluding hydrogens is 349 g/mol. The van der Waals surface area contributed by atoms with Crippen LogP contribution in [0.15, 0.2) is 34.7 Å². The molecule has 27 heavy (non-hydrogen) atoms. The zero-order valence-electron chi connectivity index (χ0n) is 15.9. The quantitative estimate of drug-likeness (QED) is 0.744. The maximum Gasteiger partial charge on any atom is 0.341 e. The SMILES string of the molecule is COC(=O)c1cc(CN(C)C(=O)C2(c3ccc(F)cc3)CCCC2)oc1C. The van der Waals surface area contributed by atoms with E-state index in [1.807, 2.05) is 0 Å². The highest BCUT2D eigenvalue weighted by atomic mass is 19.1. The molecule has 2 aromatic rings. The molecule has 3 rings (SSSR count). The number of methoxy groups -OCH3 is 1. The van der Waals surface area contributed by atoms with Crippen LogP contribution in [0, 0.1) is 12.7 Å². The first-order valence-electron chi connectivity index (χ1n) is 9.06. The van der Waals surface area contributed by atoms with Gasteiger partial charge in [-0.15, -0.1) is 0 Å². The van der Waals surface area contributed by atoms with Gasteiger partial charge in [0.1, 0.15) is 22.9 Å². The zero-order chi connectivity index (χ0) is 19.6. The van der Waals surface area contributed by atoms with Crippen molar-refractivity contribution in [1.82, 2.24) is 4.90 Å². The Morgan fingerprint density at radius 1 is 1.22 bits per heavy atom. The summed E-state index contributed by atoms with van der Waals surface area (Å²) < 4.78 is 23.7. The van der Waals surface area contributed by atoms with Crippen molar-refractivity contribution in [2.45, 2.75) is 44.6 Å². The van der Waals surface area contributed by atoms with Gasteiger partial charge in [0.2, 0.25) is 5.91 Å². The molecule has 1 aromatic heterocycles. The summed E-state index contributed by atoms with van der Waals surface area (Å²) in [6.45, 7) is 1.94. The number of amides is 1. The van der Waals surface area contributed by atoms with Gasteiger partial charge in [0.15, 0.2) is 0 Å². The number of carbonyl (C=O) groups is 2. The summed E-state index contributed by atoms with van der Waals surface area (Å²) in [7, 11) is 3.04. The van der Waals surface area contributed by atoms with E-state index in [9.17, 15) is 14.0 Å². The lowest BCUT2D eigenvalue weighted by atomic mass is 9.77. The van der Waals surface area contributed by atoms with Gasteiger partial charge in [-0.2, -0.15) is 0 Å². The average molecular weight is 373 g/mol. The van der Waals surface area contributed by atoms with Crippen molar-refractivity contribution in [2.24, 2.45) is 0 Å². The molecule has 0 unspecified atom stereocenters. The topological polar surface area (TPSA) is 59.8 Å². The number of hydrogen-bond acceptors (Lipinski definition) is 4. The van der Waals surface area contributed by atoms with E-state index in [0.29, 0.717) is 17.1 Å². The molecule has 0 atom stereocenters. The van der Waals surface area contributed by atoms with E-state index in [1.165, 1.54) is 19.2 Å². The van der Waals surface area contributed by atoms with Crippen molar-refractivity contribution in [2.75, 3.05) is 14.2 Å². The fourth-order valence-electron chi connectivity index (χ4n) is 3.98. The molecule has 6 heteroatoms. The van der Waals surface area contributed by atoms with Crippen molar-refractivity contribution < 1.29 is 23.1 Å². The Labute approximate surface area is 158 Å². The van der Waals surface area contributed by atoms with E-state index in [2.05, 4.69) is 0 Å². The molecular formula is C21H24FNO4. The lowest BCUT2D eigenvalue weighted by molar-refractivity contribution is -0.136. The lowest BCUT2D eigenvalue weighted by Crippen LogP contribution is -2.43. The first kappa shape index (κ1) is 19.1. The van der Waals surface area contributed by atoms with Crippen LogP contribution in [-0.2, 0) is 21.5 Å². The number of furan rings is 1. The number of likely N-dealkylation sites (N-methyl/N-ethyl adjacent to an activating group) is 1. The molecule has 1 heterocycles. The fraction of sp³-hybridized carbons (Fsp3) is 0.429. The van der Waals surface area contributed by atoms with Gasteiger partial charge in [0.05, 0.1) is 19.1 Å². The molecule has 0 saturated heterocycles. The smallest absolute Gasteiger partial charge is 0.341 e. The number of esters is 1. The standard InChI is InChI=1S/C21H24FNO4/c1-14-18(19(24)26-3)12-17(27-14)13-23(2)20(25)21(10-4-5-11-21)15-6-8-16(22)9-7-15/h6-9,12H,4-5,10-11,13H2,1-3H3. The van der Waals surface area contributed by atoms with Crippen LogP contribution in [0.3, 0.4) is 0 Å². The predicted molar refractivity (Wildman–Crippen MR) is 97.8 cm³/mol. The van der Waals surface area contributed by atoms with Crippen LogP contribution >= 0.6 is 0 Å². The van der Waals surface area contributed by atoms with Gasteiger partial charge in [-0.3, -0.25) is 4.79 Å². The van der Waals surface area contributed by atoms with Crippen molar-refractivity contribution >= 4 is 11.9 Å². The van der Waals surface area contributed by atoms with Gasteiger partial charge in [-0.05, 0) is 43.5 Å². The normalized spacial score (nSPS) is 15.6. The predicted octanol–water partition coefficient (Wildman–Crippen LogP) is 3.98. The number of benzene rings is 1. The van der Waals surface area contributed by atoms with Gasteiger partial charge in [-0.1, -0.05) is 25.0 Å². The number of hydrogen-bond donors (Lipinski definition) is 0. The lowest BCUT2D eigenvalue weighted by Gasteiger charge is -2.32. The van der Waals surface area contributed by atoms with Gasteiger partial charge in [-0.25, -0.2) is 9.18 Å². The highest BCUT2D eigenvalue weighted by Crippen LogP contribution is 2.42. The fourth-order valence-corrected chi connectivity index (χ4v) is 3.98. The first-order chi connectivity index (χ1) is 12.9. The zero-order valence-corrected chi connectivity index (χ0v) is 15.9. The summed E-state index contributed by atoms with van der Waals surface area (Å²) >= 11 is 0. The van der Waals surface area contributed by atoms with E-state index >= 15 is 0 Å². The van der Waals surface area contributed by atoms with Crippen LogP contribution < -0.4 is 0 Å². The van der Waals surface area contributed by atoms with Crippen molar-refractivity contribution in [3.8, 4) is 0 Å². The number of nitrogens with zero attached hydrogens (tertiary/aromatic N) is 1. The molecule has 0 N–H and O–H groups in total. The third kappa shape index (κ3) is 3.61. The molecule has 1 aliphatic rings. The highest BCUT2D eigenvalue weighted by Gasteiger charge is 2.44. The van der Waals surface area contributed by atoms with Crippen LogP contribution in [0.5, 0.6) is 0 Å². The second-order valence-electron chi connectivity index (χ2n) is 7.13. The van der Waals surface area contributed by atoms with Crippen molar-refractivity contribution in [3.63, 3.8) is 0 Å². The van der Waals surface area contributed by atoms with E-state index in [1.54, 1.807) is 37.1 Å². The Kier molecular flexibility index (Phi) is 5.35. The van der Waals surface area contributed by atoms with Crippen LogP contribution in [-0.4, -0.2) is 30.9 Å². The summed E-state index contributed by atoms with van der Waals surface area (Å²) in [4.78, 5) is 26.7. The number of aryl methyl sites for hydroxylation is 1. The highest BCUT2D eigenvalue weighted by molar-refractivity contribution is 5.91. The molecule has 1 fully saturated rings. The van der Waals surface area contributed by atoms with Crippen LogP contribution in [0.25, 0.3) is 0 Å². The number of rotatable bonds is 5. The Hall–Kier alpha value is -2.63. The molecule has 1 aliphatic carbocycles. The third-order valence-electron chi connectivity index (χ3n) is 5.38. The molecule has 0 bridgehead atoms. The summed E-state index contributed by atoms with van der Waals surface area (Å²) in [5, 5.41) is 0. The summed E-state index contributed by atoms with van der Waals surface area (Å²) in [5.41, 5.74) is 0.585. The molecule has 0 spiro atoms. The molecule has 0 aliphatic heterocycles. The number of ether oxygens (including phenoxy) is 1. The van der Waals surface area contributed by atoms with Crippen LogP contribution in [0.2, 0.25) is 0 Å². The average Bonchev–Trinajstić information content (AvgIpc) is 3.28. The maximum atomic E-state index is 13.3. The maximum absolute atomic E-state index is 13.3. The van der Waals surface area contributed by atoms with Crippen molar-refractivity contribution in [3.05, 3.63) is 58.8 Å². The minimum Gasteiger partial charge on any atom is -0.465 e. The molecule has 1 aromatic carbocycles. The van der Waals surface area contributed by atoms with E-state index < -0.39 is 11.4 Å². The molecule has 0 radical (unpaired) electrons. The Bertz CT molecular complexity index is 834. The van der Waals surface area contributed by atoms with E-state index in [0.717, 1.165) is 31.2 Å². The second kappa shape index (κ2) is 7.55. The van der Waals surface area contributed by atoms with E-state index in [4.69, 9.17) is 9.15 Å². The third-order valence-corrected chi connectivity index (χ3v) is 5.38. The number of carbonyl (C=O) groups excluding carboxylic acids is 2. The summed E-state index contributed by atoms with van der Waals surface area (Å²) in [6.07, 6.45) is 3.41. The Morgan fingerprint density at radius 2 is 1.85 bits per heavy atom. The van der Waals surface area contributed by atoms with Gasteiger partial charge in [0, 0.05) is 7.05 Å². The minimum atomic E-state index is -0.630. The van der Waals surface area contributed by atoms with Crippen LogP contribution in [0.4, 0.5) is 4.39 Å². The molecule has 1 saturated carbocycles. The summed E-state index contributed by atoms with van der Waals surface area (Å²) in [5.74, 6) is 0.201. The van der Waals surface area contributed by atoms with Crippen molar-refractivity contribution in [1.29, 1.82) is 0 Å². The Balaban J connectivity index is 1.83. The molecule has 1 amide bonds. The van der Waals surface area contributed by atoms with E-state index in [-0.39, 0.29) is 18.3 Å². The second-order valence-corrected chi connectivity index (χ2v) is 7.13. The Morgan fingerprint density at radius 3 is 2.44 bits per heavy atom. The van der Waals surface area contributed by atoms with Gasteiger partial charge < -0.3 is 14.1 Å². The van der Waals surface area contributed by atoms with Gasteiger partial charge in [0.25, 0.3) is 0 Å². The van der Waals surface area contributed by atoms with Gasteiger partial charge >= 0.3 is 5.97 Å².